The number of hydrogen-bond donors (Lipinski definition) is 2. The first-order valence-corrected chi connectivity index (χ1v) is 4.17. The van der Waals surface area contributed by atoms with Gasteiger partial charge < -0.3 is 10.8 Å². The lowest BCUT2D eigenvalue weighted by Crippen LogP contribution is -2.44. The van der Waals surface area contributed by atoms with E-state index in [2.05, 4.69) is 0 Å². The van der Waals surface area contributed by atoms with Crippen LogP contribution >= 0.6 is 12.4 Å². The van der Waals surface area contributed by atoms with Crippen LogP contribution in [-0.4, -0.2) is 17.1 Å². The van der Waals surface area contributed by atoms with E-state index in [9.17, 15) is 4.79 Å². The van der Waals surface area contributed by atoms with E-state index in [1.54, 1.807) is 0 Å². The number of carbonyl (C=O) groups is 1. The van der Waals surface area contributed by atoms with Crippen molar-refractivity contribution in [3.8, 4) is 0 Å². The molecule has 0 aromatic heterocycles. The summed E-state index contributed by atoms with van der Waals surface area (Å²) in [7, 11) is 0. The third kappa shape index (κ3) is 1.31. The van der Waals surface area contributed by atoms with E-state index >= 15 is 0 Å². The number of nitrogens with two attached hydrogens (primary N) is 1. The normalized spacial score (nSPS) is 44.1. The molecule has 0 aromatic carbocycles. The zero-order valence-electron chi connectivity index (χ0n) is 6.77. The number of carboxylic acid groups (broad SMARTS) is 1. The summed E-state index contributed by atoms with van der Waals surface area (Å²) in [5.74, 6) is 0.423. The average molecular weight is 192 g/mol. The average Bonchev–Trinajstić information content (AvgIpc) is 2.26. The molecule has 0 aromatic rings. The molecule has 70 valence electrons. The Morgan fingerprint density at radius 2 is 2.00 bits per heavy atom. The van der Waals surface area contributed by atoms with Gasteiger partial charge in [0.05, 0.1) is 5.92 Å². The van der Waals surface area contributed by atoms with Crippen molar-refractivity contribution in [2.45, 2.75) is 25.3 Å². The molecular formula is C8H14ClNO2. The lowest BCUT2D eigenvalue weighted by molar-refractivity contribution is -0.141. The molecule has 2 fully saturated rings. The van der Waals surface area contributed by atoms with Gasteiger partial charge in [0.25, 0.3) is 0 Å². The Morgan fingerprint density at radius 3 is 2.42 bits per heavy atom. The smallest absolute Gasteiger partial charge is 0.306 e. The molecule has 2 aliphatic rings. The van der Waals surface area contributed by atoms with Crippen LogP contribution in [-0.2, 0) is 4.79 Å². The van der Waals surface area contributed by atoms with E-state index in [0.717, 1.165) is 19.3 Å². The van der Waals surface area contributed by atoms with Crippen LogP contribution in [0.2, 0.25) is 0 Å². The van der Waals surface area contributed by atoms with Gasteiger partial charge in [-0.1, -0.05) is 0 Å². The van der Waals surface area contributed by atoms with Crippen molar-refractivity contribution in [2.75, 3.05) is 0 Å². The number of halogens is 1. The van der Waals surface area contributed by atoms with Crippen molar-refractivity contribution in [3.05, 3.63) is 0 Å². The largest absolute Gasteiger partial charge is 0.481 e. The molecule has 2 aliphatic carbocycles. The first-order valence-electron chi connectivity index (χ1n) is 4.17. The third-order valence-electron chi connectivity index (χ3n) is 3.22. The van der Waals surface area contributed by atoms with Crippen LogP contribution < -0.4 is 5.73 Å². The molecule has 0 aliphatic heterocycles. The van der Waals surface area contributed by atoms with Gasteiger partial charge in [0.2, 0.25) is 0 Å². The van der Waals surface area contributed by atoms with E-state index in [1.165, 1.54) is 0 Å². The molecular weight excluding hydrogens is 178 g/mol. The minimum atomic E-state index is -0.633. The molecule has 2 rings (SSSR count). The molecule has 0 spiro atoms. The van der Waals surface area contributed by atoms with Crippen molar-refractivity contribution in [1.29, 1.82) is 0 Å². The summed E-state index contributed by atoms with van der Waals surface area (Å²) >= 11 is 0. The molecule has 4 atom stereocenters. The van der Waals surface area contributed by atoms with Crippen molar-refractivity contribution >= 4 is 18.4 Å². The van der Waals surface area contributed by atoms with E-state index in [1.807, 2.05) is 0 Å². The van der Waals surface area contributed by atoms with Crippen molar-refractivity contribution in [3.63, 3.8) is 0 Å². The van der Waals surface area contributed by atoms with Crippen LogP contribution in [0.1, 0.15) is 19.3 Å². The summed E-state index contributed by atoms with van der Waals surface area (Å²) < 4.78 is 0. The predicted octanol–water partition coefficient (Wildman–Crippen LogP) is 0.866. The number of aliphatic carboxylic acids is 1. The maximum atomic E-state index is 10.6. The van der Waals surface area contributed by atoms with Gasteiger partial charge in [-0.3, -0.25) is 4.79 Å². The van der Waals surface area contributed by atoms with E-state index in [-0.39, 0.29) is 18.3 Å². The number of hydrogen-bond acceptors (Lipinski definition) is 2. The van der Waals surface area contributed by atoms with Gasteiger partial charge in [0.1, 0.15) is 0 Å². The van der Waals surface area contributed by atoms with Crippen LogP contribution in [0.4, 0.5) is 0 Å². The van der Waals surface area contributed by atoms with Crippen molar-refractivity contribution in [2.24, 2.45) is 23.5 Å². The van der Waals surface area contributed by atoms with Crippen LogP contribution in [0.25, 0.3) is 0 Å². The van der Waals surface area contributed by atoms with Gasteiger partial charge in [-0.2, -0.15) is 0 Å². The minimum absolute atomic E-state index is 0. The van der Waals surface area contributed by atoms with E-state index in [0.29, 0.717) is 17.9 Å². The molecule has 3 nitrogen and oxygen atoms in total. The fourth-order valence-electron chi connectivity index (χ4n) is 2.48. The predicted molar refractivity (Wildman–Crippen MR) is 47.2 cm³/mol. The van der Waals surface area contributed by atoms with Gasteiger partial charge in [0, 0.05) is 6.04 Å². The Balaban J connectivity index is 0.000000720. The van der Waals surface area contributed by atoms with Gasteiger partial charge in [0.15, 0.2) is 0 Å². The zero-order valence-corrected chi connectivity index (χ0v) is 7.59. The highest BCUT2D eigenvalue weighted by Gasteiger charge is 2.47. The number of fused-ring (bicyclic) bond motifs is 1. The minimum Gasteiger partial charge on any atom is -0.481 e. The fraction of sp³-hybridized carbons (Fsp3) is 0.875. The van der Waals surface area contributed by atoms with Gasteiger partial charge in [-0.25, -0.2) is 0 Å². The van der Waals surface area contributed by atoms with Crippen LogP contribution in [0.3, 0.4) is 0 Å². The summed E-state index contributed by atoms with van der Waals surface area (Å²) in [4.78, 5) is 10.6. The van der Waals surface area contributed by atoms with E-state index < -0.39 is 5.97 Å². The van der Waals surface area contributed by atoms with Crippen LogP contribution in [0.15, 0.2) is 0 Å². The molecule has 12 heavy (non-hydrogen) atoms. The molecule has 0 heterocycles. The highest BCUT2D eigenvalue weighted by molar-refractivity contribution is 5.85. The number of rotatable bonds is 1. The van der Waals surface area contributed by atoms with Crippen LogP contribution in [0, 0.1) is 17.8 Å². The van der Waals surface area contributed by atoms with Crippen molar-refractivity contribution in [1.82, 2.24) is 0 Å². The maximum absolute atomic E-state index is 10.6. The molecule has 4 heteroatoms. The third-order valence-corrected chi connectivity index (χ3v) is 3.22. The molecule has 0 saturated heterocycles. The summed E-state index contributed by atoms with van der Waals surface area (Å²) in [6.07, 6.45) is 2.74. The summed E-state index contributed by atoms with van der Waals surface area (Å²) in [6.45, 7) is 0. The first-order chi connectivity index (χ1) is 5.18. The molecule has 0 amide bonds. The molecule has 2 saturated carbocycles. The molecule has 0 bridgehead atoms. The van der Waals surface area contributed by atoms with Gasteiger partial charge >= 0.3 is 5.97 Å². The lowest BCUT2D eigenvalue weighted by atomic mass is 9.72. The highest BCUT2D eigenvalue weighted by atomic mass is 35.5. The van der Waals surface area contributed by atoms with Crippen molar-refractivity contribution < 1.29 is 9.90 Å². The molecule has 0 radical (unpaired) electrons. The van der Waals surface area contributed by atoms with Gasteiger partial charge in [-0.05, 0) is 31.1 Å². The molecule has 1 unspecified atom stereocenters. The van der Waals surface area contributed by atoms with Gasteiger partial charge in [-0.15, -0.1) is 12.4 Å². The number of carboxylic acids is 1. The second kappa shape index (κ2) is 3.23. The fourth-order valence-corrected chi connectivity index (χ4v) is 2.48. The highest BCUT2D eigenvalue weighted by Crippen LogP contribution is 2.48. The Kier molecular flexibility index (Phi) is 2.64. The SMILES string of the molecule is Cl.N[C@@H]1C[C@@H]2CC(C(=O)O)C[C@@H]21. The quantitative estimate of drug-likeness (QED) is 0.647. The Morgan fingerprint density at radius 1 is 1.33 bits per heavy atom. The summed E-state index contributed by atoms with van der Waals surface area (Å²) in [5.41, 5.74) is 5.73. The zero-order chi connectivity index (χ0) is 8.01. The first kappa shape index (κ1) is 9.81. The molecule has 3 N–H and O–H groups in total. The second-order valence-corrected chi connectivity index (χ2v) is 3.83. The lowest BCUT2D eigenvalue weighted by Gasteiger charge is -2.37. The monoisotopic (exact) mass is 191 g/mol. The van der Waals surface area contributed by atoms with E-state index in [4.69, 9.17) is 10.8 Å². The Hall–Kier alpha value is -0.280. The second-order valence-electron chi connectivity index (χ2n) is 3.83. The Bertz CT molecular complexity index is 197. The topological polar surface area (TPSA) is 63.3 Å². The Labute approximate surface area is 77.7 Å². The maximum Gasteiger partial charge on any atom is 0.306 e. The standard InChI is InChI=1S/C8H13NO2.ClH/c9-7-3-4-1-5(8(10)11)2-6(4)7;/h4-7H,1-3,9H2,(H,10,11);1H/t4-,5?,6-,7+;/m0./s1. The van der Waals surface area contributed by atoms with Crippen LogP contribution in [0.5, 0.6) is 0 Å². The summed E-state index contributed by atoms with van der Waals surface area (Å²) in [5, 5.41) is 8.72. The summed E-state index contributed by atoms with van der Waals surface area (Å²) in [6, 6.07) is 0.296.